The first-order valence-electron chi connectivity index (χ1n) is 8.18. The van der Waals surface area contributed by atoms with Crippen LogP contribution < -0.4 is 10.0 Å². The van der Waals surface area contributed by atoms with Gasteiger partial charge < -0.3 is 4.74 Å². The third-order valence-electron chi connectivity index (χ3n) is 4.81. The SMILES string of the molecule is FC(F)(F)Oc1ccccc1P(C1CCCC1)C1CCCC1. The minimum absolute atomic E-state index is 0.0416. The summed E-state index contributed by atoms with van der Waals surface area (Å²) in [4.78, 5) is 0. The Balaban J connectivity index is 1.92. The van der Waals surface area contributed by atoms with Crippen molar-refractivity contribution in [1.82, 2.24) is 0 Å². The number of benzene rings is 1. The topological polar surface area (TPSA) is 9.23 Å². The normalized spacial score (nSPS) is 20.9. The number of rotatable bonds is 4. The van der Waals surface area contributed by atoms with Crippen LogP contribution in [0, 0.1) is 0 Å². The van der Waals surface area contributed by atoms with Crippen molar-refractivity contribution in [2.75, 3.05) is 0 Å². The van der Waals surface area contributed by atoms with Gasteiger partial charge in [-0.3, -0.25) is 0 Å². The molecule has 0 heterocycles. The van der Waals surface area contributed by atoms with Crippen molar-refractivity contribution in [2.24, 2.45) is 0 Å². The highest BCUT2D eigenvalue weighted by molar-refractivity contribution is 7.67. The molecule has 3 rings (SSSR count). The standard InChI is InChI=1S/C17H22F3OP/c18-17(19,20)21-15-11-5-6-12-16(15)22(13-7-1-2-8-13)14-9-3-4-10-14/h5-6,11-14H,1-4,7-10H2. The van der Waals surface area contributed by atoms with Crippen LogP contribution in [0.5, 0.6) is 5.75 Å². The summed E-state index contributed by atoms with van der Waals surface area (Å²) in [5.74, 6) is 0.0416. The second kappa shape index (κ2) is 6.78. The van der Waals surface area contributed by atoms with E-state index in [9.17, 15) is 13.2 Å². The first kappa shape index (κ1) is 16.1. The smallest absolute Gasteiger partial charge is 0.405 e. The van der Waals surface area contributed by atoms with Crippen molar-refractivity contribution in [3.05, 3.63) is 24.3 Å². The van der Waals surface area contributed by atoms with E-state index in [2.05, 4.69) is 4.74 Å². The van der Waals surface area contributed by atoms with Gasteiger partial charge in [-0.1, -0.05) is 51.8 Å². The molecular weight excluding hydrogens is 308 g/mol. The Morgan fingerprint density at radius 3 is 1.86 bits per heavy atom. The quantitative estimate of drug-likeness (QED) is 0.655. The Labute approximate surface area is 131 Å². The summed E-state index contributed by atoms with van der Waals surface area (Å²) in [5.41, 5.74) is 1.16. The van der Waals surface area contributed by atoms with E-state index in [1.807, 2.05) is 12.1 Å². The molecule has 0 N–H and O–H groups in total. The highest BCUT2D eigenvalue weighted by Crippen LogP contribution is 2.57. The predicted molar refractivity (Wildman–Crippen MR) is 84.2 cm³/mol. The fourth-order valence-corrected chi connectivity index (χ4v) is 7.80. The highest BCUT2D eigenvalue weighted by Gasteiger charge is 2.38. The van der Waals surface area contributed by atoms with E-state index in [1.54, 1.807) is 6.07 Å². The molecule has 22 heavy (non-hydrogen) atoms. The van der Waals surface area contributed by atoms with E-state index in [0.717, 1.165) is 5.30 Å². The van der Waals surface area contributed by atoms with Crippen molar-refractivity contribution in [1.29, 1.82) is 0 Å². The lowest BCUT2D eigenvalue weighted by atomic mass is 10.3. The van der Waals surface area contributed by atoms with Crippen molar-refractivity contribution in [3.8, 4) is 5.75 Å². The van der Waals surface area contributed by atoms with Gasteiger partial charge in [0, 0.05) is 5.30 Å². The molecule has 1 aromatic rings. The molecule has 0 spiro atoms. The van der Waals surface area contributed by atoms with Crippen LogP contribution in [0.3, 0.4) is 0 Å². The van der Waals surface area contributed by atoms with Gasteiger partial charge in [0.25, 0.3) is 0 Å². The van der Waals surface area contributed by atoms with Crippen LogP contribution >= 0.6 is 7.92 Å². The number of para-hydroxylation sites is 1. The molecule has 2 aliphatic carbocycles. The van der Waals surface area contributed by atoms with Gasteiger partial charge in [0.1, 0.15) is 5.75 Å². The van der Waals surface area contributed by atoms with Gasteiger partial charge in [-0.25, -0.2) is 0 Å². The molecule has 0 aliphatic heterocycles. The van der Waals surface area contributed by atoms with Gasteiger partial charge in [0.2, 0.25) is 0 Å². The second-order valence-corrected chi connectivity index (χ2v) is 9.06. The molecule has 2 saturated carbocycles. The Morgan fingerprint density at radius 1 is 0.864 bits per heavy atom. The van der Waals surface area contributed by atoms with E-state index in [4.69, 9.17) is 0 Å². The maximum atomic E-state index is 12.7. The van der Waals surface area contributed by atoms with Crippen molar-refractivity contribution in [2.45, 2.75) is 69.0 Å². The van der Waals surface area contributed by atoms with Crippen LogP contribution in [0.25, 0.3) is 0 Å². The average Bonchev–Trinajstić information content (AvgIpc) is 3.13. The lowest BCUT2D eigenvalue weighted by Crippen LogP contribution is -2.25. The summed E-state index contributed by atoms with van der Waals surface area (Å²) in [5, 5.41) is 0.841. The zero-order valence-electron chi connectivity index (χ0n) is 12.6. The largest absolute Gasteiger partial charge is 0.573 e. The van der Waals surface area contributed by atoms with E-state index in [1.165, 1.54) is 57.4 Å². The summed E-state index contributed by atoms with van der Waals surface area (Å²) in [7, 11) is -0.557. The number of hydrogen-bond acceptors (Lipinski definition) is 1. The zero-order chi connectivity index (χ0) is 15.6. The number of hydrogen-bond donors (Lipinski definition) is 0. The molecule has 1 nitrogen and oxygen atoms in total. The molecule has 0 radical (unpaired) electrons. The van der Waals surface area contributed by atoms with Crippen LogP contribution in [0.4, 0.5) is 13.2 Å². The van der Waals surface area contributed by atoms with Gasteiger partial charge in [-0.15, -0.1) is 13.2 Å². The van der Waals surface area contributed by atoms with Crippen LogP contribution in [0.1, 0.15) is 51.4 Å². The lowest BCUT2D eigenvalue weighted by molar-refractivity contribution is -0.274. The Hall–Kier alpha value is -0.760. The summed E-state index contributed by atoms with van der Waals surface area (Å²) in [6.45, 7) is 0. The van der Waals surface area contributed by atoms with E-state index in [0.29, 0.717) is 11.3 Å². The first-order chi connectivity index (χ1) is 10.5. The average molecular weight is 330 g/mol. The molecule has 0 bridgehead atoms. The highest BCUT2D eigenvalue weighted by atomic mass is 31.1. The summed E-state index contributed by atoms with van der Waals surface area (Å²) in [6.07, 6.45) is 4.95. The van der Waals surface area contributed by atoms with Gasteiger partial charge in [-0.2, -0.15) is 0 Å². The monoisotopic (exact) mass is 330 g/mol. The van der Waals surface area contributed by atoms with Crippen LogP contribution in [0.15, 0.2) is 24.3 Å². The van der Waals surface area contributed by atoms with Gasteiger partial charge >= 0.3 is 6.36 Å². The van der Waals surface area contributed by atoms with Crippen molar-refractivity contribution < 1.29 is 17.9 Å². The number of ether oxygens (including phenoxy) is 1. The molecular formula is C17H22F3OP. The molecule has 1 aromatic carbocycles. The molecule has 0 saturated heterocycles. The zero-order valence-corrected chi connectivity index (χ0v) is 13.5. The van der Waals surface area contributed by atoms with E-state index >= 15 is 0 Å². The lowest BCUT2D eigenvalue weighted by Gasteiger charge is -2.31. The van der Waals surface area contributed by atoms with Crippen LogP contribution in [-0.2, 0) is 0 Å². The van der Waals surface area contributed by atoms with Crippen LogP contribution in [-0.4, -0.2) is 17.7 Å². The number of alkyl halides is 3. The first-order valence-corrected chi connectivity index (χ1v) is 9.66. The van der Waals surface area contributed by atoms with E-state index in [-0.39, 0.29) is 5.75 Å². The maximum absolute atomic E-state index is 12.7. The third-order valence-corrected chi connectivity index (χ3v) is 8.34. The molecule has 0 atom stereocenters. The molecule has 122 valence electrons. The van der Waals surface area contributed by atoms with Gasteiger partial charge in [-0.05, 0) is 43.1 Å². The van der Waals surface area contributed by atoms with Crippen molar-refractivity contribution >= 4 is 13.2 Å². The fourth-order valence-electron chi connectivity index (χ4n) is 3.94. The van der Waals surface area contributed by atoms with Gasteiger partial charge in [0.15, 0.2) is 0 Å². The predicted octanol–water partition coefficient (Wildman–Crippen LogP) is 5.58. The summed E-state index contributed by atoms with van der Waals surface area (Å²) in [6, 6.07) is 6.87. The molecule has 0 aromatic heterocycles. The van der Waals surface area contributed by atoms with Crippen molar-refractivity contribution in [3.63, 3.8) is 0 Å². The molecule has 2 aliphatic rings. The Bertz CT molecular complexity index is 475. The second-order valence-electron chi connectivity index (χ2n) is 6.30. The minimum atomic E-state index is -4.61. The van der Waals surface area contributed by atoms with Crippen LogP contribution in [0.2, 0.25) is 0 Å². The summed E-state index contributed by atoms with van der Waals surface area (Å²) < 4.78 is 42.5. The number of halogens is 3. The van der Waals surface area contributed by atoms with E-state index < -0.39 is 14.3 Å². The minimum Gasteiger partial charge on any atom is -0.405 e. The molecule has 2 fully saturated rings. The maximum Gasteiger partial charge on any atom is 0.573 e. The fraction of sp³-hybridized carbons (Fsp3) is 0.647. The Morgan fingerprint density at radius 2 is 1.36 bits per heavy atom. The molecule has 0 unspecified atom stereocenters. The summed E-state index contributed by atoms with van der Waals surface area (Å²) >= 11 is 0. The third kappa shape index (κ3) is 3.76. The van der Waals surface area contributed by atoms with Gasteiger partial charge in [0.05, 0.1) is 0 Å². The molecule has 5 heteroatoms. The Kier molecular flexibility index (Phi) is 4.97. The molecule has 0 amide bonds.